The molecular formula is C14H12ClNO3. The van der Waals surface area contributed by atoms with Crippen molar-refractivity contribution < 1.29 is 14.3 Å². The Kier molecular flexibility index (Phi) is 4.02. The van der Waals surface area contributed by atoms with Crippen LogP contribution in [0.5, 0.6) is 11.5 Å². The van der Waals surface area contributed by atoms with Crippen LogP contribution in [0.4, 0.5) is 0 Å². The van der Waals surface area contributed by atoms with Crippen LogP contribution < -0.4 is 9.47 Å². The Morgan fingerprint density at radius 2 is 2.00 bits per heavy atom. The van der Waals surface area contributed by atoms with Crippen molar-refractivity contribution >= 4 is 17.4 Å². The maximum absolute atomic E-state index is 12.4. The lowest BCUT2D eigenvalue weighted by atomic mass is 10.1. The highest BCUT2D eigenvalue weighted by molar-refractivity contribution is 6.34. The van der Waals surface area contributed by atoms with Gasteiger partial charge in [0.1, 0.15) is 17.2 Å². The van der Waals surface area contributed by atoms with Gasteiger partial charge in [-0.05, 0) is 24.3 Å². The van der Waals surface area contributed by atoms with E-state index in [4.69, 9.17) is 21.1 Å². The predicted octanol–water partition coefficient (Wildman–Crippen LogP) is 2.98. The van der Waals surface area contributed by atoms with Gasteiger partial charge < -0.3 is 9.47 Å². The molecule has 0 saturated heterocycles. The maximum Gasteiger partial charge on any atom is 0.216 e. The van der Waals surface area contributed by atoms with Gasteiger partial charge in [-0.2, -0.15) is 0 Å². The van der Waals surface area contributed by atoms with Crippen LogP contribution in [0.3, 0.4) is 0 Å². The Bertz CT molecular complexity index is 613. The van der Waals surface area contributed by atoms with E-state index in [1.54, 1.807) is 37.4 Å². The number of nitrogens with zero attached hydrogens (tertiary/aromatic N) is 1. The number of ether oxygens (including phenoxy) is 2. The molecule has 0 aliphatic heterocycles. The Morgan fingerprint density at radius 3 is 2.63 bits per heavy atom. The molecule has 0 fully saturated rings. The fourth-order valence-electron chi connectivity index (χ4n) is 1.67. The van der Waals surface area contributed by atoms with E-state index in [9.17, 15) is 4.79 Å². The van der Waals surface area contributed by atoms with Crippen LogP contribution in [0.1, 0.15) is 16.1 Å². The predicted molar refractivity (Wildman–Crippen MR) is 72.2 cm³/mol. The average Bonchev–Trinajstić information content (AvgIpc) is 2.46. The zero-order valence-corrected chi connectivity index (χ0v) is 11.3. The van der Waals surface area contributed by atoms with Crippen molar-refractivity contribution in [2.24, 2.45) is 0 Å². The lowest BCUT2D eigenvalue weighted by molar-refractivity contribution is 0.103. The van der Waals surface area contributed by atoms with E-state index in [1.165, 1.54) is 13.3 Å². The third-order valence-corrected chi connectivity index (χ3v) is 2.93. The molecule has 0 bridgehead atoms. The zero-order chi connectivity index (χ0) is 13.8. The summed E-state index contributed by atoms with van der Waals surface area (Å²) >= 11 is 5.97. The van der Waals surface area contributed by atoms with Gasteiger partial charge >= 0.3 is 0 Å². The van der Waals surface area contributed by atoms with Crippen LogP contribution in [-0.2, 0) is 0 Å². The molecule has 1 aromatic carbocycles. The Balaban J connectivity index is 2.47. The number of rotatable bonds is 4. The van der Waals surface area contributed by atoms with E-state index < -0.39 is 0 Å². The molecule has 5 heteroatoms. The summed E-state index contributed by atoms with van der Waals surface area (Å²) in [7, 11) is 3.04. The molecule has 2 aromatic rings. The number of methoxy groups -OCH3 is 2. The number of carbonyl (C=O) groups is 1. The lowest BCUT2D eigenvalue weighted by Gasteiger charge is -2.09. The van der Waals surface area contributed by atoms with Gasteiger partial charge in [0.15, 0.2) is 0 Å². The first-order valence-electron chi connectivity index (χ1n) is 5.54. The van der Waals surface area contributed by atoms with Gasteiger partial charge in [-0.15, -0.1) is 0 Å². The second-order valence-corrected chi connectivity index (χ2v) is 4.14. The summed E-state index contributed by atoms with van der Waals surface area (Å²) in [5, 5.41) is 0.311. The van der Waals surface area contributed by atoms with Crippen molar-refractivity contribution in [2.45, 2.75) is 0 Å². The van der Waals surface area contributed by atoms with Crippen LogP contribution in [0, 0.1) is 0 Å². The number of benzene rings is 1. The zero-order valence-electron chi connectivity index (χ0n) is 10.5. The van der Waals surface area contributed by atoms with Gasteiger partial charge in [0.2, 0.25) is 5.78 Å². The lowest BCUT2D eigenvalue weighted by Crippen LogP contribution is -2.07. The third kappa shape index (κ3) is 2.69. The summed E-state index contributed by atoms with van der Waals surface area (Å²) in [6.45, 7) is 0. The fraction of sp³-hybridized carbons (Fsp3) is 0.143. The van der Waals surface area contributed by atoms with Gasteiger partial charge in [0.05, 0.1) is 24.8 Å². The number of carbonyl (C=O) groups excluding carboxylic acids is 1. The van der Waals surface area contributed by atoms with Crippen LogP contribution >= 0.6 is 11.6 Å². The minimum absolute atomic E-state index is 0.202. The molecule has 0 N–H and O–H groups in total. The first kappa shape index (κ1) is 13.4. The van der Waals surface area contributed by atoms with Crippen molar-refractivity contribution in [1.82, 2.24) is 4.98 Å². The summed E-state index contributed by atoms with van der Waals surface area (Å²) in [6.07, 6.45) is 1.52. The molecule has 4 nitrogen and oxygen atoms in total. The SMILES string of the molecule is COc1ccc(C(=O)c2ncccc2Cl)c(OC)c1. The van der Waals surface area contributed by atoms with E-state index in [0.29, 0.717) is 22.1 Å². The van der Waals surface area contributed by atoms with Crippen LogP contribution in [0.2, 0.25) is 5.02 Å². The first-order chi connectivity index (χ1) is 9.17. The molecule has 0 amide bonds. The van der Waals surface area contributed by atoms with Crippen molar-refractivity contribution in [3.05, 3.63) is 52.8 Å². The normalized spacial score (nSPS) is 10.1. The molecule has 0 radical (unpaired) electrons. The summed E-state index contributed by atoms with van der Waals surface area (Å²) in [6, 6.07) is 8.25. The van der Waals surface area contributed by atoms with Crippen LogP contribution in [0.15, 0.2) is 36.5 Å². The molecule has 0 saturated carbocycles. The van der Waals surface area contributed by atoms with Crippen LogP contribution in [0.25, 0.3) is 0 Å². The number of hydrogen-bond donors (Lipinski definition) is 0. The van der Waals surface area contributed by atoms with E-state index in [-0.39, 0.29) is 11.5 Å². The fourth-order valence-corrected chi connectivity index (χ4v) is 1.87. The molecule has 0 unspecified atom stereocenters. The highest BCUT2D eigenvalue weighted by atomic mass is 35.5. The van der Waals surface area contributed by atoms with Crippen molar-refractivity contribution in [2.75, 3.05) is 14.2 Å². The number of ketones is 1. The standard InChI is InChI=1S/C14H12ClNO3/c1-18-9-5-6-10(12(8-9)19-2)14(17)13-11(15)4-3-7-16-13/h3-8H,1-2H3. The quantitative estimate of drug-likeness (QED) is 0.806. The molecule has 0 aliphatic rings. The number of halogens is 1. The minimum Gasteiger partial charge on any atom is -0.497 e. The smallest absolute Gasteiger partial charge is 0.216 e. The Morgan fingerprint density at radius 1 is 1.21 bits per heavy atom. The molecular weight excluding hydrogens is 266 g/mol. The Labute approximate surface area is 115 Å². The summed E-state index contributed by atoms with van der Waals surface area (Å²) in [5.41, 5.74) is 0.594. The van der Waals surface area contributed by atoms with Crippen molar-refractivity contribution in [3.63, 3.8) is 0 Å². The average molecular weight is 278 g/mol. The summed E-state index contributed by atoms with van der Waals surface area (Å²) in [5.74, 6) is 0.747. The van der Waals surface area contributed by atoms with Gasteiger partial charge in [0.25, 0.3) is 0 Å². The first-order valence-corrected chi connectivity index (χ1v) is 5.92. The van der Waals surface area contributed by atoms with E-state index in [0.717, 1.165) is 0 Å². The van der Waals surface area contributed by atoms with E-state index in [2.05, 4.69) is 4.98 Å². The van der Waals surface area contributed by atoms with Gasteiger partial charge in [0, 0.05) is 12.3 Å². The molecule has 98 valence electrons. The Hall–Kier alpha value is -2.07. The number of hydrogen-bond acceptors (Lipinski definition) is 4. The number of pyridine rings is 1. The molecule has 1 aromatic heterocycles. The maximum atomic E-state index is 12.4. The monoisotopic (exact) mass is 277 g/mol. The largest absolute Gasteiger partial charge is 0.497 e. The highest BCUT2D eigenvalue weighted by Gasteiger charge is 2.18. The number of aromatic nitrogens is 1. The topological polar surface area (TPSA) is 48.4 Å². The third-order valence-electron chi connectivity index (χ3n) is 2.63. The molecule has 2 rings (SSSR count). The van der Waals surface area contributed by atoms with Gasteiger partial charge in [-0.25, -0.2) is 0 Å². The highest BCUT2D eigenvalue weighted by Crippen LogP contribution is 2.27. The molecule has 0 atom stereocenters. The van der Waals surface area contributed by atoms with Gasteiger partial charge in [-0.3, -0.25) is 9.78 Å². The minimum atomic E-state index is -0.287. The van der Waals surface area contributed by atoms with Gasteiger partial charge in [-0.1, -0.05) is 11.6 Å². The van der Waals surface area contributed by atoms with Crippen molar-refractivity contribution in [3.8, 4) is 11.5 Å². The van der Waals surface area contributed by atoms with Crippen LogP contribution in [-0.4, -0.2) is 25.0 Å². The molecule has 1 heterocycles. The van der Waals surface area contributed by atoms with Crippen molar-refractivity contribution in [1.29, 1.82) is 0 Å². The molecule has 0 aliphatic carbocycles. The summed E-state index contributed by atoms with van der Waals surface area (Å²) in [4.78, 5) is 16.4. The summed E-state index contributed by atoms with van der Waals surface area (Å²) < 4.78 is 10.3. The second kappa shape index (κ2) is 5.71. The molecule has 0 spiro atoms. The second-order valence-electron chi connectivity index (χ2n) is 3.73. The van der Waals surface area contributed by atoms with E-state index in [1.807, 2.05) is 0 Å². The van der Waals surface area contributed by atoms with E-state index >= 15 is 0 Å². The molecule has 19 heavy (non-hydrogen) atoms.